The van der Waals surface area contributed by atoms with Crippen molar-refractivity contribution >= 4 is 17.5 Å². The van der Waals surface area contributed by atoms with Crippen molar-refractivity contribution in [2.75, 3.05) is 6.61 Å². The maximum Gasteiger partial charge on any atom is 0.317 e. The number of benzene rings is 2. The van der Waals surface area contributed by atoms with Crippen LogP contribution < -0.4 is 5.73 Å². The predicted molar refractivity (Wildman–Crippen MR) is 102 cm³/mol. The Balaban J connectivity index is 2.48. The second-order valence-corrected chi connectivity index (χ2v) is 5.89. The highest BCUT2D eigenvalue weighted by Gasteiger charge is 2.36. The van der Waals surface area contributed by atoms with Crippen LogP contribution in [0.1, 0.15) is 30.4 Å². The largest absolute Gasteiger partial charge is 0.465 e. The van der Waals surface area contributed by atoms with Gasteiger partial charge in [-0.05, 0) is 18.1 Å². The lowest BCUT2D eigenvalue weighted by Gasteiger charge is -2.25. The van der Waals surface area contributed by atoms with Gasteiger partial charge >= 0.3 is 5.97 Å². The molecule has 0 amide bonds. The van der Waals surface area contributed by atoms with E-state index in [4.69, 9.17) is 10.5 Å². The molecular weight excluding hydrogens is 346 g/mol. The Hall–Kier alpha value is -3.35. The third-order valence-corrected chi connectivity index (χ3v) is 4.25. The molecule has 0 aliphatic carbocycles. The summed E-state index contributed by atoms with van der Waals surface area (Å²) in [6, 6.07) is 18.3. The Labute approximate surface area is 157 Å². The van der Waals surface area contributed by atoms with Gasteiger partial charge in [-0.15, -0.1) is 0 Å². The third kappa shape index (κ3) is 5.07. The monoisotopic (exact) mass is 369 g/mol. The molecule has 2 aromatic rings. The fourth-order valence-corrected chi connectivity index (χ4v) is 2.97. The van der Waals surface area contributed by atoms with Crippen molar-refractivity contribution in [3.63, 3.8) is 0 Å². The number of hydrogen-bond donors (Lipinski definition) is 3. The van der Waals surface area contributed by atoms with Gasteiger partial charge in [0, 0.05) is 12.3 Å². The first-order valence-electron chi connectivity index (χ1n) is 8.57. The van der Waals surface area contributed by atoms with E-state index < -0.39 is 17.8 Å². The molecule has 0 fully saturated rings. The Bertz CT molecular complexity index is 791. The number of nitrogens with two attached hydrogens (primary N) is 1. The van der Waals surface area contributed by atoms with E-state index in [-0.39, 0.29) is 18.9 Å². The van der Waals surface area contributed by atoms with Crippen LogP contribution in [0.5, 0.6) is 0 Å². The van der Waals surface area contributed by atoms with Crippen LogP contribution in [0.3, 0.4) is 0 Å². The Morgan fingerprint density at radius 2 is 1.63 bits per heavy atom. The predicted octanol–water partition coefficient (Wildman–Crippen LogP) is 2.96. The lowest BCUT2D eigenvalue weighted by Crippen LogP contribution is -2.37. The van der Waals surface area contributed by atoms with Crippen LogP contribution in [0.4, 0.5) is 0 Å². The van der Waals surface area contributed by atoms with Gasteiger partial charge in [-0.2, -0.15) is 0 Å². The summed E-state index contributed by atoms with van der Waals surface area (Å²) >= 11 is 0. The topological polar surface area (TPSA) is 118 Å². The number of esters is 1. The van der Waals surface area contributed by atoms with E-state index >= 15 is 0 Å². The number of oxime groups is 2. The van der Waals surface area contributed by atoms with Crippen molar-refractivity contribution in [2.24, 2.45) is 22.0 Å². The maximum absolute atomic E-state index is 12.6. The molecule has 0 aliphatic rings. The smallest absolute Gasteiger partial charge is 0.317 e. The molecule has 0 aromatic heterocycles. The average Bonchev–Trinajstić information content (AvgIpc) is 2.72. The molecule has 0 radical (unpaired) electrons. The molecule has 27 heavy (non-hydrogen) atoms. The number of rotatable bonds is 8. The molecule has 0 spiro atoms. The van der Waals surface area contributed by atoms with Gasteiger partial charge in [-0.1, -0.05) is 71.0 Å². The normalized spacial score (nSPS) is 14.4. The highest BCUT2D eigenvalue weighted by atomic mass is 16.5. The summed E-state index contributed by atoms with van der Waals surface area (Å²) in [7, 11) is 0. The Morgan fingerprint density at radius 1 is 1.04 bits per heavy atom. The van der Waals surface area contributed by atoms with Gasteiger partial charge in [0.25, 0.3) is 0 Å². The molecule has 0 bridgehead atoms. The van der Waals surface area contributed by atoms with Crippen molar-refractivity contribution in [1.29, 1.82) is 0 Å². The van der Waals surface area contributed by atoms with E-state index in [1.165, 1.54) is 0 Å². The zero-order valence-corrected chi connectivity index (χ0v) is 15.0. The molecule has 2 rings (SSSR count). The van der Waals surface area contributed by atoms with E-state index in [2.05, 4.69) is 10.3 Å². The first-order chi connectivity index (χ1) is 13.1. The van der Waals surface area contributed by atoms with E-state index in [1.54, 1.807) is 19.1 Å². The van der Waals surface area contributed by atoms with Crippen LogP contribution in [-0.4, -0.2) is 34.5 Å². The summed E-state index contributed by atoms with van der Waals surface area (Å²) < 4.78 is 5.14. The van der Waals surface area contributed by atoms with Crippen molar-refractivity contribution in [1.82, 2.24) is 0 Å². The number of carbonyl (C=O) groups excluding carboxylic acids is 1. The molecule has 0 saturated carbocycles. The number of ether oxygens (including phenoxy) is 1. The van der Waals surface area contributed by atoms with Crippen LogP contribution >= 0.6 is 0 Å². The lowest BCUT2D eigenvalue weighted by molar-refractivity contribution is -0.146. The van der Waals surface area contributed by atoms with Crippen molar-refractivity contribution < 1.29 is 19.9 Å². The molecular formula is C20H23N3O4. The van der Waals surface area contributed by atoms with E-state index in [1.807, 2.05) is 48.5 Å². The zero-order chi connectivity index (χ0) is 19.6. The van der Waals surface area contributed by atoms with E-state index in [9.17, 15) is 15.2 Å². The molecule has 7 heteroatoms. The third-order valence-electron chi connectivity index (χ3n) is 4.25. The summed E-state index contributed by atoms with van der Waals surface area (Å²) in [5, 5.41) is 25.2. The minimum atomic E-state index is -1.03. The Morgan fingerprint density at radius 3 is 2.15 bits per heavy atom. The molecule has 2 atom stereocenters. The zero-order valence-electron chi connectivity index (χ0n) is 15.0. The molecule has 7 nitrogen and oxygen atoms in total. The quantitative estimate of drug-likeness (QED) is 0.217. The lowest BCUT2D eigenvalue weighted by atomic mass is 9.80. The summed E-state index contributed by atoms with van der Waals surface area (Å²) in [4.78, 5) is 12.6. The molecule has 0 aliphatic heterocycles. The number of carbonyl (C=O) groups is 1. The second-order valence-electron chi connectivity index (χ2n) is 5.89. The molecule has 0 saturated heterocycles. The summed E-state index contributed by atoms with van der Waals surface area (Å²) in [6.07, 6.45) is 0.185. The number of nitrogens with zero attached hydrogens (tertiary/aromatic N) is 2. The second kappa shape index (κ2) is 9.96. The van der Waals surface area contributed by atoms with Gasteiger partial charge in [0.15, 0.2) is 5.84 Å². The summed E-state index contributed by atoms with van der Waals surface area (Å²) in [6.45, 7) is 1.85. The highest BCUT2D eigenvalue weighted by Crippen LogP contribution is 2.31. The van der Waals surface area contributed by atoms with Gasteiger partial charge in [0.1, 0.15) is 5.92 Å². The maximum atomic E-state index is 12.6. The van der Waals surface area contributed by atoms with Gasteiger partial charge < -0.3 is 20.9 Å². The van der Waals surface area contributed by atoms with Gasteiger partial charge in [-0.25, -0.2) is 0 Å². The highest BCUT2D eigenvalue weighted by molar-refractivity contribution is 6.04. The Kier molecular flexibility index (Phi) is 7.37. The number of hydrogen-bond acceptors (Lipinski definition) is 6. The average molecular weight is 369 g/mol. The molecule has 2 unspecified atom stereocenters. The van der Waals surface area contributed by atoms with E-state index in [0.29, 0.717) is 11.3 Å². The molecule has 142 valence electrons. The standard InChI is InChI=1S/C20H23N3O4/c1-2-27-20(24)18(19(21)23-26)16(14-9-5-3-6-10-14)13-17(22-25)15-11-7-4-8-12-15/h3-12,16,18,25-26H,2,13H2,1H3,(H2,21,23)/b22-17-. The summed E-state index contributed by atoms with van der Waals surface area (Å²) in [5.74, 6) is -2.44. The van der Waals surface area contributed by atoms with Crippen LogP contribution in [0.15, 0.2) is 71.0 Å². The molecule has 0 heterocycles. The van der Waals surface area contributed by atoms with Crippen LogP contribution in [-0.2, 0) is 9.53 Å². The molecule has 2 aromatic carbocycles. The van der Waals surface area contributed by atoms with Crippen molar-refractivity contribution in [3.8, 4) is 0 Å². The fourth-order valence-electron chi connectivity index (χ4n) is 2.97. The number of amidine groups is 1. The van der Waals surface area contributed by atoms with Crippen LogP contribution in [0.2, 0.25) is 0 Å². The van der Waals surface area contributed by atoms with Gasteiger partial charge in [0.05, 0.1) is 12.3 Å². The van der Waals surface area contributed by atoms with Gasteiger partial charge in [0.2, 0.25) is 0 Å². The van der Waals surface area contributed by atoms with Gasteiger partial charge in [-0.3, -0.25) is 4.79 Å². The first-order valence-corrected chi connectivity index (χ1v) is 8.57. The molecule has 4 N–H and O–H groups in total. The van der Waals surface area contributed by atoms with Crippen LogP contribution in [0, 0.1) is 5.92 Å². The SMILES string of the molecule is CCOC(=O)C(/C(N)=N\O)C(C/C(=N/O)c1ccccc1)c1ccccc1. The van der Waals surface area contributed by atoms with E-state index in [0.717, 1.165) is 5.56 Å². The minimum absolute atomic E-state index is 0.162. The minimum Gasteiger partial charge on any atom is -0.465 e. The van der Waals surface area contributed by atoms with Crippen molar-refractivity contribution in [3.05, 3.63) is 71.8 Å². The van der Waals surface area contributed by atoms with Crippen LogP contribution in [0.25, 0.3) is 0 Å². The fraction of sp³-hybridized carbons (Fsp3) is 0.250. The van der Waals surface area contributed by atoms with Crippen molar-refractivity contribution in [2.45, 2.75) is 19.3 Å². The summed E-state index contributed by atoms with van der Waals surface area (Å²) in [5.41, 5.74) is 7.71. The first kappa shape index (κ1) is 20.0.